The molecule has 0 spiro atoms. The second kappa shape index (κ2) is 16.1. The average molecular weight is 805 g/mol. The zero-order valence-corrected chi connectivity index (χ0v) is 34.8. The fourth-order valence-corrected chi connectivity index (χ4v) is 10.1. The molecule has 0 heterocycles. The highest BCUT2D eigenvalue weighted by atomic mass is 14.9. The van der Waals surface area contributed by atoms with Crippen LogP contribution in [0.4, 0.5) is 0 Å². The van der Waals surface area contributed by atoms with E-state index in [1.165, 1.54) is 72.0 Å². The van der Waals surface area contributed by atoms with Gasteiger partial charge in [-0.1, -0.05) is 243 Å². The van der Waals surface area contributed by atoms with Gasteiger partial charge in [-0.25, -0.2) is 4.99 Å². The van der Waals surface area contributed by atoms with Gasteiger partial charge < -0.3 is 5.73 Å². The van der Waals surface area contributed by atoms with Gasteiger partial charge in [0.25, 0.3) is 0 Å². The first kappa shape index (κ1) is 37.9. The van der Waals surface area contributed by atoms with Crippen LogP contribution < -0.4 is 5.73 Å². The summed E-state index contributed by atoms with van der Waals surface area (Å²) in [6.45, 7) is 0. The number of benzene rings is 10. The van der Waals surface area contributed by atoms with E-state index in [4.69, 9.17) is 10.7 Å². The van der Waals surface area contributed by atoms with Crippen LogP contribution in [0.5, 0.6) is 0 Å². The number of hydrogen-bond acceptors (Lipinski definition) is 1. The van der Waals surface area contributed by atoms with E-state index in [-0.39, 0.29) is 0 Å². The first-order chi connectivity index (χ1) is 31.2. The van der Waals surface area contributed by atoms with E-state index in [0.717, 1.165) is 27.6 Å². The lowest BCUT2D eigenvalue weighted by atomic mass is 9.66. The predicted molar refractivity (Wildman–Crippen MR) is 265 cm³/mol. The molecule has 0 unspecified atom stereocenters. The molecule has 0 atom stereocenters. The molecule has 1 aliphatic rings. The molecule has 0 aromatic heterocycles. The third-order valence-corrected chi connectivity index (χ3v) is 12.8. The second-order valence-corrected chi connectivity index (χ2v) is 16.3. The molecule has 0 saturated heterocycles. The fraction of sp³-hybridized carbons (Fsp3) is 0.0328. The molecule has 2 N–H and O–H groups in total. The molecule has 2 heteroatoms. The van der Waals surface area contributed by atoms with Gasteiger partial charge in [0.2, 0.25) is 0 Å². The maximum absolute atomic E-state index is 6.87. The third-order valence-electron chi connectivity index (χ3n) is 12.8. The highest BCUT2D eigenvalue weighted by Crippen LogP contribution is 2.59. The van der Waals surface area contributed by atoms with Crippen molar-refractivity contribution in [2.45, 2.75) is 11.8 Å². The Kier molecular flexibility index (Phi) is 9.67. The van der Waals surface area contributed by atoms with Crippen molar-refractivity contribution in [2.75, 3.05) is 0 Å². The molecule has 0 amide bonds. The second-order valence-electron chi connectivity index (χ2n) is 16.3. The van der Waals surface area contributed by atoms with Crippen LogP contribution in [0.25, 0.3) is 60.6 Å². The topological polar surface area (TPSA) is 38.4 Å². The highest BCUT2D eigenvalue weighted by molar-refractivity contribution is 6.07. The van der Waals surface area contributed by atoms with E-state index < -0.39 is 5.41 Å². The van der Waals surface area contributed by atoms with E-state index in [0.29, 0.717) is 12.3 Å². The molecule has 0 fully saturated rings. The van der Waals surface area contributed by atoms with Gasteiger partial charge in [0.1, 0.15) is 5.84 Å². The number of amidine groups is 1. The largest absolute Gasteiger partial charge is 0.383 e. The van der Waals surface area contributed by atoms with Crippen LogP contribution in [-0.4, -0.2) is 5.84 Å². The van der Waals surface area contributed by atoms with E-state index in [1.54, 1.807) is 0 Å². The van der Waals surface area contributed by atoms with E-state index in [1.807, 2.05) is 30.3 Å². The summed E-state index contributed by atoms with van der Waals surface area (Å²) in [4.78, 5) is 5.25. The predicted octanol–water partition coefficient (Wildman–Crippen LogP) is 14.7. The van der Waals surface area contributed by atoms with Crippen LogP contribution >= 0.6 is 0 Å². The molecule has 11 rings (SSSR count). The van der Waals surface area contributed by atoms with Gasteiger partial charge in [0.05, 0.1) is 11.1 Å². The Labute approximate surface area is 369 Å². The normalized spacial score (nSPS) is 13.2. The SMILES string of the molecule is NC(=N/C(=C\Cc1cccc(-c2cccc3ccccc23)c1)c1ccc(-c2cccc3c2C(c2ccccc2)(c2ccccc2)c2ccccc2-3)c2ccccc12)c1ccccc1. The standard InChI is InChI=1S/C61H44N2/c62-60(44-21-4-1-5-22-44)63-58(40-37-42-19-16-24-45(41-42)49-33-17-23-43-20-10-11-29-48(43)49)54-39-38-52(50-30-12-13-31-51(50)54)55-34-18-35-56-53-32-14-15-36-57(53)61(59(55)56,46-25-6-2-7-26-46)47-27-8-3-9-28-47/h1-36,38-41H,37H2,(H2,62,63)/b58-40-. The van der Waals surface area contributed by atoms with Gasteiger partial charge in [-0.3, -0.25) is 0 Å². The molecule has 10 aromatic rings. The lowest BCUT2D eigenvalue weighted by molar-refractivity contribution is 0.770. The van der Waals surface area contributed by atoms with Crippen molar-refractivity contribution in [1.82, 2.24) is 0 Å². The lowest BCUT2D eigenvalue weighted by Crippen LogP contribution is -2.29. The maximum atomic E-state index is 6.87. The van der Waals surface area contributed by atoms with E-state index >= 15 is 0 Å². The Morgan fingerprint density at radius 3 is 1.76 bits per heavy atom. The summed E-state index contributed by atoms with van der Waals surface area (Å²) in [5.74, 6) is 0.480. The molecule has 1 aliphatic carbocycles. The molecule has 0 saturated carbocycles. The number of fused-ring (bicyclic) bond motifs is 5. The van der Waals surface area contributed by atoms with Gasteiger partial charge in [-0.15, -0.1) is 0 Å². The van der Waals surface area contributed by atoms with Crippen molar-refractivity contribution >= 4 is 33.1 Å². The fourth-order valence-electron chi connectivity index (χ4n) is 10.1. The van der Waals surface area contributed by atoms with Crippen LogP contribution in [0.1, 0.15) is 38.9 Å². The number of allylic oxidation sites excluding steroid dienone is 1. The van der Waals surface area contributed by atoms with Crippen molar-refractivity contribution < 1.29 is 0 Å². The number of nitrogens with zero attached hydrogens (tertiary/aromatic N) is 1. The average Bonchev–Trinajstić information content (AvgIpc) is 3.67. The van der Waals surface area contributed by atoms with Crippen LogP contribution in [-0.2, 0) is 11.8 Å². The lowest BCUT2D eigenvalue weighted by Gasteiger charge is -2.35. The summed E-state index contributed by atoms with van der Waals surface area (Å²) in [5.41, 5.74) is 22.7. The molecule has 298 valence electrons. The summed E-state index contributed by atoms with van der Waals surface area (Å²) in [7, 11) is 0. The van der Waals surface area contributed by atoms with Crippen LogP contribution in [0.15, 0.2) is 248 Å². The monoisotopic (exact) mass is 804 g/mol. The summed E-state index contributed by atoms with van der Waals surface area (Å²) in [6, 6.07) is 85.3. The molecule has 10 aromatic carbocycles. The Hall–Kier alpha value is -8.07. The smallest absolute Gasteiger partial charge is 0.131 e. The van der Waals surface area contributed by atoms with Gasteiger partial charge in [0.15, 0.2) is 0 Å². The zero-order valence-electron chi connectivity index (χ0n) is 34.8. The minimum Gasteiger partial charge on any atom is -0.383 e. The quantitative estimate of drug-likeness (QED) is 0.115. The van der Waals surface area contributed by atoms with Crippen LogP contribution in [0, 0.1) is 0 Å². The number of nitrogens with two attached hydrogens (primary N) is 1. The minimum atomic E-state index is -0.537. The van der Waals surface area contributed by atoms with Gasteiger partial charge in [-0.2, -0.15) is 0 Å². The first-order valence-corrected chi connectivity index (χ1v) is 21.7. The van der Waals surface area contributed by atoms with E-state index in [2.05, 4.69) is 212 Å². The van der Waals surface area contributed by atoms with Crippen molar-refractivity contribution in [3.05, 3.63) is 282 Å². The third kappa shape index (κ3) is 6.56. The van der Waals surface area contributed by atoms with Crippen LogP contribution in [0.3, 0.4) is 0 Å². The molecule has 2 nitrogen and oxygen atoms in total. The molecule has 0 bridgehead atoms. The molecular weight excluding hydrogens is 761 g/mol. The van der Waals surface area contributed by atoms with Crippen molar-refractivity contribution in [2.24, 2.45) is 10.7 Å². The number of hydrogen-bond donors (Lipinski definition) is 1. The van der Waals surface area contributed by atoms with Gasteiger partial charge >= 0.3 is 0 Å². The Morgan fingerprint density at radius 1 is 0.444 bits per heavy atom. The van der Waals surface area contributed by atoms with Crippen molar-refractivity contribution in [3.63, 3.8) is 0 Å². The van der Waals surface area contributed by atoms with Crippen LogP contribution in [0.2, 0.25) is 0 Å². The summed E-state index contributed by atoms with van der Waals surface area (Å²) in [6.07, 6.45) is 2.92. The maximum Gasteiger partial charge on any atom is 0.131 e. The van der Waals surface area contributed by atoms with Gasteiger partial charge in [0, 0.05) is 11.1 Å². The minimum absolute atomic E-state index is 0.480. The van der Waals surface area contributed by atoms with Crippen molar-refractivity contribution in [3.8, 4) is 33.4 Å². The molecule has 0 aliphatic heterocycles. The first-order valence-electron chi connectivity index (χ1n) is 21.7. The molecular formula is C61H44N2. The van der Waals surface area contributed by atoms with Crippen molar-refractivity contribution in [1.29, 1.82) is 0 Å². The molecule has 63 heavy (non-hydrogen) atoms. The highest BCUT2D eigenvalue weighted by Gasteiger charge is 2.47. The summed E-state index contributed by atoms with van der Waals surface area (Å²) in [5, 5.41) is 4.76. The number of aliphatic imine (C=N–C) groups is 1. The summed E-state index contributed by atoms with van der Waals surface area (Å²) < 4.78 is 0. The van der Waals surface area contributed by atoms with E-state index in [9.17, 15) is 0 Å². The van der Waals surface area contributed by atoms with Gasteiger partial charge in [-0.05, 0) is 89.2 Å². The Morgan fingerprint density at radius 2 is 1.00 bits per heavy atom. The number of rotatable bonds is 9. The Bertz CT molecular complexity index is 3320. The zero-order chi connectivity index (χ0) is 42.2. The Balaban J connectivity index is 1.09. The molecule has 0 radical (unpaired) electrons. The summed E-state index contributed by atoms with van der Waals surface area (Å²) >= 11 is 0.